The molecular formula is C7H6ClN3. The quantitative estimate of drug-likeness (QED) is 0.647. The highest BCUT2D eigenvalue weighted by molar-refractivity contribution is 6.29. The summed E-state index contributed by atoms with van der Waals surface area (Å²) in [6.45, 7) is 0. The highest BCUT2D eigenvalue weighted by Gasteiger charge is 2.00. The van der Waals surface area contributed by atoms with E-state index in [1.165, 1.54) is 0 Å². The summed E-state index contributed by atoms with van der Waals surface area (Å²) >= 11 is 5.80. The molecule has 0 spiro atoms. The molecule has 0 saturated heterocycles. The molecule has 11 heavy (non-hydrogen) atoms. The Morgan fingerprint density at radius 1 is 1.45 bits per heavy atom. The van der Waals surface area contributed by atoms with Gasteiger partial charge < -0.3 is 5.73 Å². The molecule has 2 rings (SSSR count). The second-order valence-electron chi connectivity index (χ2n) is 2.23. The van der Waals surface area contributed by atoms with Gasteiger partial charge in [0.25, 0.3) is 0 Å². The SMILES string of the molecule is Nc1cccc2ncc(Cl)n12. The number of nitrogens with zero attached hydrogens (tertiary/aromatic N) is 2. The topological polar surface area (TPSA) is 43.3 Å². The van der Waals surface area contributed by atoms with Crippen LogP contribution in [-0.2, 0) is 0 Å². The van der Waals surface area contributed by atoms with Crippen molar-refractivity contribution in [3.63, 3.8) is 0 Å². The summed E-state index contributed by atoms with van der Waals surface area (Å²) < 4.78 is 1.68. The molecule has 0 aliphatic rings. The lowest BCUT2D eigenvalue weighted by atomic mass is 10.4. The highest BCUT2D eigenvalue weighted by atomic mass is 35.5. The van der Waals surface area contributed by atoms with E-state index in [1.54, 1.807) is 16.7 Å². The molecule has 0 amide bonds. The van der Waals surface area contributed by atoms with Crippen molar-refractivity contribution in [1.29, 1.82) is 0 Å². The predicted molar refractivity (Wildman–Crippen MR) is 44.6 cm³/mol. The van der Waals surface area contributed by atoms with Crippen molar-refractivity contribution < 1.29 is 0 Å². The van der Waals surface area contributed by atoms with Crippen molar-refractivity contribution in [2.75, 3.05) is 5.73 Å². The van der Waals surface area contributed by atoms with E-state index >= 15 is 0 Å². The van der Waals surface area contributed by atoms with Gasteiger partial charge in [-0.25, -0.2) is 4.98 Å². The molecule has 2 aromatic rings. The van der Waals surface area contributed by atoms with Gasteiger partial charge in [-0.1, -0.05) is 17.7 Å². The zero-order chi connectivity index (χ0) is 7.84. The van der Waals surface area contributed by atoms with E-state index in [4.69, 9.17) is 17.3 Å². The summed E-state index contributed by atoms with van der Waals surface area (Å²) in [5.41, 5.74) is 6.41. The zero-order valence-corrected chi connectivity index (χ0v) is 6.42. The molecule has 4 heteroatoms. The predicted octanol–water partition coefficient (Wildman–Crippen LogP) is 1.57. The third-order valence-electron chi connectivity index (χ3n) is 1.52. The van der Waals surface area contributed by atoms with Gasteiger partial charge >= 0.3 is 0 Å². The van der Waals surface area contributed by atoms with Crippen LogP contribution in [0.5, 0.6) is 0 Å². The van der Waals surface area contributed by atoms with E-state index in [1.807, 2.05) is 12.1 Å². The first kappa shape index (κ1) is 6.49. The fourth-order valence-electron chi connectivity index (χ4n) is 1.02. The molecule has 0 fully saturated rings. The van der Waals surface area contributed by atoms with Crippen LogP contribution in [0.4, 0.5) is 5.82 Å². The Labute approximate surface area is 68.4 Å². The molecule has 0 saturated carbocycles. The number of pyridine rings is 1. The Hall–Kier alpha value is -1.22. The number of hydrogen-bond donors (Lipinski definition) is 1. The minimum absolute atomic E-state index is 0.540. The summed E-state index contributed by atoms with van der Waals surface area (Å²) in [5.74, 6) is 0.602. The van der Waals surface area contributed by atoms with Crippen LogP contribution in [0, 0.1) is 0 Å². The molecule has 0 atom stereocenters. The average Bonchev–Trinajstić information content (AvgIpc) is 2.34. The summed E-state index contributed by atoms with van der Waals surface area (Å²) in [7, 11) is 0. The molecule has 0 unspecified atom stereocenters. The van der Waals surface area contributed by atoms with Crippen LogP contribution in [0.15, 0.2) is 24.4 Å². The zero-order valence-electron chi connectivity index (χ0n) is 5.66. The number of fused-ring (bicyclic) bond motifs is 1. The van der Waals surface area contributed by atoms with Crippen molar-refractivity contribution in [1.82, 2.24) is 9.38 Å². The van der Waals surface area contributed by atoms with Crippen LogP contribution in [0.3, 0.4) is 0 Å². The van der Waals surface area contributed by atoms with Crippen molar-refractivity contribution in [3.05, 3.63) is 29.5 Å². The number of anilines is 1. The smallest absolute Gasteiger partial charge is 0.139 e. The van der Waals surface area contributed by atoms with E-state index in [2.05, 4.69) is 4.98 Å². The Morgan fingerprint density at radius 2 is 2.27 bits per heavy atom. The fourth-order valence-corrected chi connectivity index (χ4v) is 1.26. The maximum Gasteiger partial charge on any atom is 0.139 e. The van der Waals surface area contributed by atoms with Crippen LogP contribution in [0.1, 0.15) is 0 Å². The first-order valence-corrected chi connectivity index (χ1v) is 3.54. The Bertz CT molecular complexity index is 393. The van der Waals surface area contributed by atoms with Crippen molar-refractivity contribution in [2.24, 2.45) is 0 Å². The Balaban J connectivity index is 2.96. The first-order chi connectivity index (χ1) is 5.29. The molecule has 2 N–H and O–H groups in total. The minimum atomic E-state index is 0.540. The van der Waals surface area contributed by atoms with Gasteiger partial charge in [-0.3, -0.25) is 4.40 Å². The lowest BCUT2D eigenvalue weighted by molar-refractivity contribution is 1.20. The highest BCUT2D eigenvalue weighted by Crippen LogP contribution is 2.15. The van der Waals surface area contributed by atoms with Crippen molar-refractivity contribution in [3.8, 4) is 0 Å². The van der Waals surface area contributed by atoms with E-state index < -0.39 is 0 Å². The first-order valence-electron chi connectivity index (χ1n) is 3.16. The molecular weight excluding hydrogens is 162 g/mol. The van der Waals surface area contributed by atoms with Crippen LogP contribution in [0.2, 0.25) is 5.15 Å². The number of hydrogen-bond acceptors (Lipinski definition) is 2. The maximum absolute atomic E-state index is 5.80. The monoisotopic (exact) mass is 167 g/mol. The van der Waals surface area contributed by atoms with Gasteiger partial charge in [0.2, 0.25) is 0 Å². The van der Waals surface area contributed by atoms with Crippen LogP contribution in [0.25, 0.3) is 5.65 Å². The van der Waals surface area contributed by atoms with Gasteiger partial charge in [-0.2, -0.15) is 0 Å². The molecule has 0 radical (unpaired) electrons. The normalized spacial score (nSPS) is 10.6. The van der Waals surface area contributed by atoms with Crippen molar-refractivity contribution in [2.45, 2.75) is 0 Å². The molecule has 0 aliphatic heterocycles. The molecule has 0 bridgehead atoms. The van der Waals surface area contributed by atoms with E-state index in [-0.39, 0.29) is 0 Å². The van der Waals surface area contributed by atoms with Crippen LogP contribution in [-0.4, -0.2) is 9.38 Å². The number of nitrogen functional groups attached to an aromatic ring is 1. The molecule has 0 aliphatic carbocycles. The number of imidazole rings is 1. The van der Waals surface area contributed by atoms with Gasteiger partial charge in [0.05, 0.1) is 6.20 Å². The summed E-state index contributed by atoms with van der Waals surface area (Å²) in [4.78, 5) is 4.03. The van der Waals surface area contributed by atoms with Gasteiger partial charge in [-0.05, 0) is 12.1 Å². The molecule has 0 aromatic carbocycles. The Morgan fingerprint density at radius 3 is 3.00 bits per heavy atom. The summed E-state index contributed by atoms with van der Waals surface area (Å²) in [6.07, 6.45) is 1.58. The maximum atomic E-state index is 5.80. The minimum Gasteiger partial charge on any atom is -0.385 e. The third-order valence-corrected chi connectivity index (χ3v) is 1.78. The van der Waals surface area contributed by atoms with E-state index in [9.17, 15) is 0 Å². The van der Waals surface area contributed by atoms with Crippen molar-refractivity contribution >= 4 is 23.1 Å². The standard InChI is InChI=1S/C7H6ClN3/c8-5-4-10-7-3-1-2-6(9)11(5)7/h1-4H,9H2. The lowest BCUT2D eigenvalue weighted by Gasteiger charge is -1.98. The van der Waals surface area contributed by atoms with Gasteiger partial charge in [0.1, 0.15) is 16.6 Å². The third kappa shape index (κ3) is 0.851. The molecule has 3 nitrogen and oxygen atoms in total. The number of nitrogens with two attached hydrogens (primary N) is 1. The number of rotatable bonds is 0. The number of aromatic nitrogens is 2. The van der Waals surface area contributed by atoms with E-state index in [0.717, 1.165) is 5.65 Å². The molecule has 2 heterocycles. The number of halogens is 1. The largest absolute Gasteiger partial charge is 0.385 e. The second kappa shape index (κ2) is 2.13. The lowest BCUT2D eigenvalue weighted by Crippen LogP contribution is -1.95. The Kier molecular flexibility index (Phi) is 1.26. The van der Waals surface area contributed by atoms with Gasteiger partial charge in [0, 0.05) is 0 Å². The summed E-state index contributed by atoms with van der Waals surface area (Å²) in [6, 6.07) is 5.47. The average molecular weight is 168 g/mol. The van der Waals surface area contributed by atoms with E-state index in [0.29, 0.717) is 11.0 Å². The molecule has 56 valence electrons. The van der Waals surface area contributed by atoms with Gasteiger partial charge in [-0.15, -0.1) is 0 Å². The molecule has 2 aromatic heterocycles. The fraction of sp³-hybridized carbons (Fsp3) is 0. The van der Waals surface area contributed by atoms with Gasteiger partial charge in [0.15, 0.2) is 0 Å². The summed E-state index contributed by atoms with van der Waals surface area (Å²) in [5, 5.41) is 0.540. The van der Waals surface area contributed by atoms with Crippen LogP contribution < -0.4 is 5.73 Å². The second-order valence-corrected chi connectivity index (χ2v) is 2.61. The van der Waals surface area contributed by atoms with Crippen LogP contribution >= 0.6 is 11.6 Å².